The molecule has 0 heterocycles. The first kappa shape index (κ1) is 10.4. The van der Waals surface area contributed by atoms with Crippen LogP contribution in [0, 0.1) is 22.9 Å². The number of hydrogen-bond acceptors (Lipinski definition) is 3. The molecule has 0 N–H and O–H groups in total. The van der Waals surface area contributed by atoms with Crippen molar-refractivity contribution in [3.63, 3.8) is 0 Å². The van der Waals surface area contributed by atoms with Crippen LogP contribution in [0.1, 0.15) is 5.56 Å². The summed E-state index contributed by atoms with van der Waals surface area (Å²) in [6.45, 7) is 1.54. The highest BCUT2D eigenvalue weighted by Crippen LogP contribution is 2.29. The zero-order chi connectivity index (χ0) is 10.9. The molecule has 1 rings (SSSR count). The predicted molar refractivity (Wildman–Crippen MR) is 52.1 cm³/mol. The summed E-state index contributed by atoms with van der Waals surface area (Å²) in [5.74, 6) is -0.793. The third-order valence-electron chi connectivity index (χ3n) is 2.02. The van der Waals surface area contributed by atoms with Gasteiger partial charge in [0.05, 0.1) is 10.5 Å². The molecule has 1 aromatic rings. The summed E-state index contributed by atoms with van der Waals surface area (Å²) in [5, 5.41) is 10.6. The van der Waals surface area contributed by atoms with Crippen LogP contribution in [-0.2, 0) is 0 Å². The second kappa shape index (κ2) is 3.61. The van der Waals surface area contributed by atoms with Crippen LogP contribution < -0.4 is 4.90 Å². The first-order chi connectivity index (χ1) is 6.45. The molecule has 0 spiro atoms. The normalized spacial score (nSPS) is 10.0. The average Bonchev–Trinajstić information content (AvgIpc) is 2.02. The first-order valence-electron chi connectivity index (χ1n) is 4.06. The minimum atomic E-state index is -0.793. The smallest absolute Gasteiger partial charge is 0.309 e. The van der Waals surface area contributed by atoms with Gasteiger partial charge in [0.25, 0.3) is 0 Å². The van der Waals surface area contributed by atoms with Gasteiger partial charge in [-0.1, -0.05) is 0 Å². The van der Waals surface area contributed by atoms with E-state index in [1.165, 1.54) is 13.0 Å². The van der Waals surface area contributed by atoms with E-state index in [0.29, 0.717) is 11.3 Å². The summed E-state index contributed by atoms with van der Waals surface area (Å²) >= 11 is 0. The summed E-state index contributed by atoms with van der Waals surface area (Å²) in [5.41, 5.74) is 0.550. The Hall–Kier alpha value is -1.65. The average molecular weight is 198 g/mol. The van der Waals surface area contributed by atoms with Crippen molar-refractivity contribution in [3.8, 4) is 0 Å². The molecule has 0 fully saturated rings. The number of nitrogens with zero attached hydrogens (tertiary/aromatic N) is 2. The van der Waals surface area contributed by atoms with Crippen LogP contribution in [0.2, 0.25) is 0 Å². The fourth-order valence-corrected chi connectivity index (χ4v) is 1.37. The molecule has 5 heteroatoms. The largest absolute Gasteiger partial charge is 0.377 e. The van der Waals surface area contributed by atoms with E-state index in [4.69, 9.17) is 0 Å². The molecule has 0 aliphatic rings. The predicted octanol–water partition coefficient (Wildman–Crippen LogP) is 2.11. The van der Waals surface area contributed by atoms with Gasteiger partial charge in [-0.3, -0.25) is 10.1 Å². The quantitative estimate of drug-likeness (QED) is 0.540. The van der Waals surface area contributed by atoms with Crippen LogP contribution in [-0.4, -0.2) is 19.0 Å². The lowest BCUT2D eigenvalue weighted by Crippen LogP contribution is -2.11. The number of rotatable bonds is 2. The summed E-state index contributed by atoms with van der Waals surface area (Å²) in [6, 6.07) is 2.64. The summed E-state index contributed by atoms with van der Waals surface area (Å²) in [6.07, 6.45) is 0. The molecule has 0 radical (unpaired) electrons. The van der Waals surface area contributed by atoms with Crippen molar-refractivity contribution in [1.82, 2.24) is 0 Å². The molecule has 0 aliphatic carbocycles. The highest BCUT2D eigenvalue weighted by molar-refractivity contribution is 5.61. The van der Waals surface area contributed by atoms with Gasteiger partial charge in [0.1, 0.15) is 0 Å². The fraction of sp³-hybridized carbons (Fsp3) is 0.333. The molecule has 1 aromatic carbocycles. The minimum absolute atomic E-state index is 0.347. The van der Waals surface area contributed by atoms with Crippen molar-refractivity contribution in [2.24, 2.45) is 0 Å². The van der Waals surface area contributed by atoms with Crippen molar-refractivity contribution >= 4 is 11.4 Å². The topological polar surface area (TPSA) is 46.4 Å². The lowest BCUT2D eigenvalue weighted by Gasteiger charge is -2.15. The Labute approximate surface area is 81.1 Å². The molecular formula is C9H11FN2O2. The van der Waals surface area contributed by atoms with Crippen molar-refractivity contribution < 1.29 is 9.31 Å². The Kier molecular flexibility index (Phi) is 2.69. The van der Waals surface area contributed by atoms with E-state index in [0.717, 1.165) is 6.07 Å². The molecule has 0 amide bonds. The molecule has 0 saturated carbocycles. The Morgan fingerprint density at radius 1 is 1.43 bits per heavy atom. The highest BCUT2D eigenvalue weighted by Gasteiger charge is 2.20. The standard InChI is InChI=1S/C9H11FN2O2/c1-6-8(11(2)3)5-4-7(10)9(6)12(13)14/h4-5H,1-3H3. The van der Waals surface area contributed by atoms with E-state index in [2.05, 4.69) is 0 Å². The van der Waals surface area contributed by atoms with Crippen LogP contribution in [0.4, 0.5) is 15.8 Å². The number of hydrogen-bond donors (Lipinski definition) is 0. The van der Waals surface area contributed by atoms with Gasteiger partial charge in [0.15, 0.2) is 0 Å². The van der Waals surface area contributed by atoms with Gasteiger partial charge in [0, 0.05) is 19.8 Å². The van der Waals surface area contributed by atoms with Gasteiger partial charge in [0.2, 0.25) is 5.82 Å². The van der Waals surface area contributed by atoms with Crippen LogP contribution >= 0.6 is 0 Å². The molecule has 0 bridgehead atoms. The zero-order valence-electron chi connectivity index (χ0n) is 8.24. The molecule has 14 heavy (non-hydrogen) atoms. The third-order valence-corrected chi connectivity index (χ3v) is 2.02. The van der Waals surface area contributed by atoms with Gasteiger partial charge < -0.3 is 4.90 Å². The van der Waals surface area contributed by atoms with Gasteiger partial charge >= 0.3 is 5.69 Å². The van der Waals surface area contributed by atoms with Crippen molar-refractivity contribution in [3.05, 3.63) is 33.6 Å². The molecular weight excluding hydrogens is 187 g/mol. The molecule has 76 valence electrons. The molecule has 0 unspecified atom stereocenters. The summed E-state index contributed by atoms with van der Waals surface area (Å²) < 4.78 is 13.1. The summed E-state index contributed by atoms with van der Waals surface area (Å²) in [7, 11) is 3.51. The molecule has 0 atom stereocenters. The van der Waals surface area contributed by atoms with E-state index >= 15 is 0 Å². The van der Waals surface area contributed by atoms with Crippen LogP contribution in [0.3, 0.4) is 0 Å². The third kappa shape index (κ3) is 1.66. The minimum Gasteiger partial charge on any atom is -0.377 e. The number of halogens is 1. The zero-order valence-corrected chi connectivity index (χ0v) is 8.24. The van der Waals surface area contributed by atoms with Gasteiger partial charge in [-0.2, -0.15) is 4.39 Å². The molecule has 4 nitrogen and oxygen atoms in total. The fourth-order valence-electron chi connectivity index (χ4n) is 1.37. The summed E-state index contributed by atoms with van der Waals surface area (Å²) in [4.78, 5) is 11.6. The van der Waals surface area contributed by atoms with Gasteiger partial charge in [-0.05, 0) is 19.1 Å². The van der Waals surface area contributed by atoms with E-state index < -0.39 is 16.4 Å². The van der Waals surface area contributed by atoms with Crippen molar-refractivity contribution in [2.75, 3.05) is 19.0 Å². The Bertz CT molecular complexity index is 377. The Morgan fingerprint density at radius 3 is 2.43 bits per heavy atom. The second-order valence-electron chi connectivity index (χ2n) is 3.19. The Morgan fingerprint density at radius 2 is 2.00 bits per heavy atom. The first-order valence-corrected chi connectivity index (χ1v) is 4.06. The molecule has 0 saturated heterocycles. The maximum Gasteiger partial charge on any atom is 0.309 e. The monoisotopic (exact) mass is 198 g/mol. The van der Waals surface area contributed by atoms with E-state index in [-0.39, 0.29) is 0 Å². The van der Waals surface area contributed by atoms with Crippen LogP contribution in [0.5, 0.6) is 0 Å². The lowest BCUT2D eigenvalue weighted by molar-refractivity contribution is -0.388. The number of nitro benzene ring substituents is 1. The number of benzene rings is 1. The molecule has 0 aromatic heterocycles. The van der Waals surface area contributed by atoms with E-state index in [1.807, 2.05) is 0 Å². The maximum absolute atomic E-state index is 13.1. The molecule has 0 aliphatic heterocycles. The number of nitro groups is 1. The highest BCUT2D eigenvalue weighted by atomic mass is 19.1. The van der Waals surface area contributed by atoms with Crippen molar-refractivity contribution in [2.45, 2.75) is 6.92 Å². The van der Waals surface area contributed by atoms with Gasteiger partial charge in [-0.15, -0.1) is 0 Å². The van der Waals surface area contributed by atoms with Crippen LogP contribution in [0.15, 0.2) is 12.1 Å². The Balaban J connectivity index is 3.41. The maximum atomic E-state index is 13.1. The SMILES string of the molecule is Cc1c(N(C)C)ccc(F)c1[N+](=O)[O-]. The van der Waals surface area contributed by atoms with E-state index in [9.17, 15) is 14.5 Å². The van der Waals surface area contributed by atoms with E-state index in [1.54, 1.807) is 19.0 Å². The van der Waals surface area contributed by atoms with Crippen LogP contribution in [0.25, 0.3) is 0 Å². The van der Waals surface area contributed by atoms with Crippen molar-refractivity contribution in [1.29, 1.82) is 0 Å². The van der Waals surface area contributed by atoms with Gasteiger partial charge in [-0.25, -0.2) is 0 Å². The second-order valence-corrected chi connectivity index (χ2v) is 3.19. The lowest BCUT2D eigenvalue weighted by atomic mass is 10.1. The number of anilines is 1.